The van der Waals surface area contributed by atoms with Crippen LogP contribution in [0.5, 0.6) is 5.75 Å². The van der Waals surface area contributed by atoms with Gasteiger partial charge in [-0.25, -0.2) is 4.79 Å². The van der Waals surface area contributed by atoms with Crippen LogP contribution in [0.2, 0.25) is 0 Å². The lowest BCUT2D eigenvalue weighted by Gasteiger charge is -2.37. The van der Waals surface area contributed by atoms with Gasteiger partial charge >= 0.3 is 6.03 Å². The van der Waals surface area contributed by atoms with Gasteiger partial charge in [0.15, 0.2) is 0 Å². The Kier molecular flexibility index (Phi) is 4.94. The second-order valence-corrected chi connectivity index (χ2v) is 7.50. The molecule has 0 aliphatic carbocycles. The van der Waals surface area contributed by atoms with Crippen molar-refractivity contribution in [3.63, 3.8) is 0 Å². The molecule has 2 aliphatic heterocycles. The molecule has 2 aromatic rings. The maximum Gasteiger partial charge on any atom is 0.321 e. The first-order valence-electron chi connectivity index (χ1n) is 9.59. The molecule has 0 saturated carbocycles. The number of nitrogens with zero attached hydrogens (tertiary/aromatic N) is 2. The topological polar surface area (TPSA) is 63.2 Å². The molecule has 146 valence electrons. The Morgan fingerprint density at radius 3 is 2.64 bits per heavy atom. The third kappa shape index (κ3) is 3.81. The van der Waals surface area contributed by atoms with Crippen LogP contribution in [0.15, 0.2) is 53.7 Å². The number of nitrogens with one attached hydrogen (secondary N) is 1. The zero-order valence-electron chi connectivity index (χ0n) is 16.3. The number of hydrogen-bond donors (Lipinski definition) is 1. The number of carbonyl (C=O) groups excluding carboxylic acids is 1. The van der Waals surface area contributed by atoms with Crippen molar-refractivity contribution in [1.82, 2.24) is 4.90 Å². The number of methoxy groups -OCH3 is 1. The van der Waals surface area contributed by atoms with E-state index >= 15 is 0 Å². The maximum atomic E-state index is 12.6. The van der Waals surface area contributed by atoms with E-state index in [1.54, 1.807) is 7.11 Å². The number of rotatable bonds is 3. The first kappa shape index (κ1) is 18.3. The molecular formula is C22H25N3O3. The van der Waals surface area contributed by atoms with Crippen molar-refractivity contribution in [1.29, 1.82) is 0 Å². The molecule has 2 amide bonds. The summed E-state index contributed by atoms with van der Waals surface area (Å²) in [6.45, 7) is 3.36. The van der Waals surface area contributed by atoms with Crippen LogP contribution in [0.25, 0.3) is 0 Å². The molecule has 0 aromatic heterocycles. The highest BCUT2D eigenvalue weighted by molar-refractivity contribution is 6.01. The molecule has 28 heavy (non-hydrogen) atoms. The highest BCUT2D eigenvalue weighted by Gasteiger charge is 2.43. The van der Waals surface area contributed by atoms with Crippen molar-refractivity contribution in [2.24, 2.45) is 5.16 Å². The lowest BCUT2D eigenvalue weighted by atomic mass is 9.85. The van der Waals surface area contributed by atoms with Crippen LogP contribution in [0.4, 0.5) is 10.5 Å². The van der Waals surface area contributed by atoms with Crippen molar-refractivity contribution in [2.75, 3.05) is 25.5 Å². The highest BCUT2D eigenvalue weighted by Crippen LogP contribution is 2.36. The van der Waals surface area contributed by atoms with Crippen molar-refractivity contribution in [3.05, 3.63) is 59.7 Å². The van der Waals surface area contributed by atoms with Gasteiger partial charge in [-0.3, -0.25) is 0 Å². The number of hydrogen-bond acceptors (Lipinski definition) is 4. The molecule has 1 N–H and O–H groups in total. The molecular weight excluding hydrogens is 354 g/mol. The Hall–Kier alpha value is -3.02. The number of piperidine rings is 1. The van der Waals surface area contributed by atoms with E-state index in [1.807, 2.05) is 29.2 Å². The first-order valence-corrected chi connectivity index (χ1v) is 9.59. The monoisotopic (exact) mass is 379 g/mol. The molecule has 0 atom stereocenters. The van der Waals surface area contributed by atoms with Crippen LogP contribution in [0.1, 0.15) is 30.4 Å². The Labute approximate surface area is 165 Å². The molecule has 0 radical (unpaired) electrons. The molecule has 2 heterocycles. The van der Waals surface area contributed by atoms with Crippen LogP contribution < -0.4 is 10.1 Å². The van der Waals surface area contributed by atoms with Crippen LogP contribution in [-0.4, -0.2) is 42.4 Å². The SMILES string of the molecule is COc1cccc(NC(=O)N2CCC3(CC2)CC(c2ccc(C)cc2)=NO3)c1. The zero-order valence-corrected chi connectivity index (χ0v) is 16.3. The smallest absolute Gasteiger partial charge is 0.321 e. The Morgan fingerprint density at radius 2 is 1.93 bits per heavy atom. The fourth-order valence-corrected chi connectivity index (χ4v) is 3.71. The van der Waals surface area contributed by atoms with Crippen LogP contribution in [-0.2, 0) is 4.84 Å². The predicted molar refractivity (Wildman–Crippen MR) is 109 cm³/mol. The molecule has 1 spiro atoms. The minimum Gasteiger partial charge on any atom is -0.497 e. The number of carbonyl (C=O) groups is 1. The normalized spacial score (nSPS) is 17.8. The number of amides is 2. The lowest BCUT2D eigenvalue weighted by molar-refractivity contribution is -0.0544. The van der Waals surface area contributed by atoms with Gasteiger partial charge in [-0.2, -0.15) is 0 Å². The fourth-order valence-electron chi connectivity index (χ4n) is 3.71. The summed E-state index contributed by atoms with van der Waals surface area (Å²) in [6, 6.07) is 15.6. The molecule has 1 fully saturated rings. The second-order valence-electron chi connectivity index (χ2n) is 7.50. The number of aryl methyl sites for hydroxylation is 1. The van der Waals surface area contributed by atoms with Gasteiger partial charge in [0.1, 0.15) is 11.4 Å². The van der Waals surface area contributed by atoms with Crippen molar-refractivity contribution in [3.8, 4) is 5.75 Å². The Balaban J connectivity index is 1.33. The summed E-state index contributed by atoms with van der Waals surface area (Å²) in [4.78, 5) is 20.3. The maximum absolute atomic E-state index is 12.6. The number of anilines is 1. The van der Waals surface area contributed by atoms with Crippen LogP contribution >= 0.6 is 0 Å². The summed E-state index contributed by atoms with van der Waals surface area (Å²) < 4.78 is 5.20. The van der Waals surface area contributed by atoms with Crippen LogP contribution in [0.3, 0.4) is 0 Å². The number of benzene rings is 2. The van der Waals surface area contributed by atoms with Gasteiger partial charge in [0.2, 0.25) is 0 Å². The standard InChI is InChI=1S/C22H25N3O3/c1-16-6-8-17(9-7-16)20-15-22(28-24-20)10-12-25(13-11-22)21(26)23-18-4-3-5-19(14-18)27-2/h3-9,14H,10-13,15H2,1-2H3,(H,23,26). The van der Waals surface area contributed by atoms with Gasteiger partial charge in [0.25, 0.3) is 0 Å². The third-order valence-electron chi connectivity index (χ3n) is 5.51. The third-order valence-corrected chi connectivity index (χ3v) is 5.51. The van der Waals surface area contributed by atoms with E-state index in [4.69, 9.17) is 9.57 Å². The van der Waals surface area contributed by atoms with Crippen molar-refractivity contribution < 1.29 is 14.4 Å². The number of urea groups is 1. The van der Waals surface area contributed by atoms with E-state index in [1.165, 1.54) is 5.56 Å². The predicted octanol–water partition coefficient (Wildman–Crippen LogP) is 4.19. The Bertz CT molecular complexity index is 884. The molecule has 6 heteroatoms. The largest absolute Gasteiger partial charge is 0.497 e. The van der Waals surface area contributed by atoms with Gasteiger partial charge in [0, 0.05) is 44.1 Å². The molecule has 1 saturated heterocycles. The lowest BCUT2D eigenvalue weighted by Crippen LogP contribution is -2.48. The Morgan fingerprint density at radius 1 is 1.18 bits per heavy atom. The highest BCUT2D eigenvalue weighted by atomic mass is 16.7. The molecule has 0 bridgehead atoms. The number of oxime groups is 1. The summed E-state index contributed by atoms with van der Waals surface area (Å²) in [7, 11) is 1.61. The van der Waals surface area contributed by atoms with Crippen molar-refractivity contribution in [2.45, 2.75) is 31.8 Å². The van der Waals surface area contributed by atoms with Gasteiger partial charge in [-0.15, -0.1) is 0 Å². The minimum atomic E-state index is -0.285. The zero-order chi connectivity index (χ0) is 19.6. The summed E-state index contributed by atoms with van der Waals surface area (Å²) >= 11 is 0. The molecule has 6 nitrogen and oxygen atoms in total. The summed E-state index contributed by atoms with van der Waals surface area (Å²) in [5.41, 5.74) is 3.78. The summed E-state index contributed by atoms with van der Waals surface area (Å²) in [5.74, 6) is 0.718. The number of ether oxygens (including phenoxy) is 1. The van der Waals surface area contributed by atoms with E-state index in [2.05, 4.69) is 41.7 Å². The summed E-state index contributed by atoms with van der Waals surface area (Å²) in [5, 5.41) is 7.30. The molecule has 4 rings (SSSR count). The fraction of sp³-hybridized carbons (Fsp3) is 0.364. The first-order chi connectivity index (χ1) is 13.6. The van der Waals surface area contributed by atoms with E-state index in [-0.39, 0.29) is 11.6 Å². The van der Waals surface area contributed by atoms with Crippen LogP contribution in [0, 0.1) is 6.92 Å². The van der Waals surface area contributed by atoms with E-state index in [0.717, 1.165) is 42.0 Å². The summed E-state index contributed by atoms with van der Waals surface area (Å²) in [6.07, 6.45) is 2.34. The second kappa shape index (κ2) is 7.54. The average molecular weight is 379 g/mol. The molecule has 2 aromatic carbocycles. The van der Waals surface area contributed by atoms with E-state index in [9.17, 15) is 4.79 Å². The van der Waals surface area contributed by atoms with Crippen molar-refractivity contribution >= 4 is 17.4 Å². The van der Waals surface area contributed by atoms with Gasteiger partial charge in [0.05, 0.1) is 12.8 Å². The van der Waals surface area contributed by atoms with E-state index < -0.39 is 0 Å². The average Bonchev–Trinajstić information content (AvgIpc) is 3.12. The van der Waals surface area contributed by atoms with E-state index in [0.29, 0.717) is 13.1 Å². The van der Waals surface area contributed by atoms with Gasteiger partial charge < -0.3 is 19.8 Å². The molecule has 2 aliphatic rings. The quantitative estimate of drug-likeness (QED) is 0.870. The number of likely N-dealkylation sites (tertiary alicyclic amines) is 1. The molecule has 0 unspecified atom stereocenters. The van der Waals surface area contributed by atoms with Gasteiger partial charge in [-0.05, 0) is 24.6 Å². The van der Waals surface area contributed by atoms with Gasteiger partial charge in [-0.1, -0.05) is 41.1 Å². The minimum absolute atomic E-state index is 0.0965.